The van der Waals surface area contributed by atoms with Gasteiger partial charge in [-0.15, -0.1) is 12.4 Å². The lowest BCUT2D eigenvalue weighted by atomic mass is 10.5. The van der Waals surface area contributed by atoms with Crippen molar-refractivity contribution >= 4 is 35.6 Å². The number of halogens is 3. The minimum absolute atomic E-state index is 0. The topological polar surface area (TPSA) is 0 Å². The molecule has 9 heavy (non-hydrogen) atoms. The van der Waals surface area contributed by atoms with Crippen LogP contribution in [0.25, 0.3) is 0 Å². The van der Waals surface area contributed by atoms with Gasteiger partial charge in [0.05, 0.1) is 0 Å². The molecule has 0 saturated heterocycles. The Bertz CT molecular complexity index is 55.3. The number of hydrogen-bond acceptors (Lipinski definition) is 0. The van der Waals surface area contributed by atoms with Crippen molar-refractivity contribution in [2.75, 3.05) is 0 Å². The first-order valence-electron chi connectivity index (χ1n) is 2.78. The summed E-state index contributed by atoms with van der Waals surface area (Å²) in [5.41, 5.74) is 0. The van der Waals surface area contributed by atoms with Gasteiger partial charge in [0.15, 0.2) is 0 Å². The van der Waals surface area contributed by atoms with Gasteiger partial charge in [-0.3, -0.25) is 0 Å². The van der Waals surface area contributed by atoms with Crippen molar-refractivity contribution in [3.05, 3.63) is 10.6 Å². The van der Waals surface area contributed by atoms with Crippen molar-refractivity contribution in [1.29, 1.82) is 0 Å². The molecule has 0 radical (unpaired) electrons. The zero-order valence-corrected chi connectivity index (χ0v) is 8.28. The molecule has 0 aliphatic carbocycles. The molecule has 0 aliphatic rings. The van der Waals surface area contributed by atoms with Crippen molar-refractivity contribution in [1.82, 2.24) is 0 Å². The lowest BCUT2D eigenvalue weighted by Crippen LogP contribution is -1.49. The van der Waals surface area contributed by atoms with Crippen LogP contribution in [0.3, 0.4) is 0 Å². The summed E-state index contributed by atoms with van der Waals surface area (Å²) < 4.78 is 0.359. The van der Waals surface area contributed by atoms with Crippen LogP contribution in [0.4, 0.5) is 0 Å². The molecule has 0 rings (SSSR count). The number of allylic oxidation sites excluding steroid dienone is 1. The Morgan fingerprint density at radius 3 is 1.67 bits per heavy atom. The fourth-order valence-electron chi connectivity index (χ4n) is 0.154. The van der Waals surface area contributed by atoms with E-state index < -0.39 is 0 Å². The summed E-state index contributed by atoms with van der Waals surface area (Å²) in [5.74, 6) is 0. The van der Waals surface area contributed by atoms with E-state index in [1.54, 1.807) is 6.08 Å². The summed E-state index contributed by atoms with van der Waals surface area (Å²) in [6.45, 7) is 5.98. The molecule has 0 heterocycles. The van der Waals surface area contributed by atoms with Crippen LogP contribution in [0.1, 0.15) is 27.2 Å². The lowest BCUT2D eigenvalue weighted by molar-refractivity contribution is 1.23. The molecule has 0 bridgehead atoms. The third kappa shape index (κ3) is 28.9. The molecule has 0 amide bonds. The highest BCUT2D eigenvalue weighted by molar-refractivity contribution is 6.55. The maximum atomic E-state index is 5.20. The van der Waals surface area contributed by atoms with Crippen LogP contribution in [0, 0.1) is 0 Å². The molecule has 0 atom stereocenters. The summed E-state index contributed by atoms with van der Waals surface area (Å²) in [5, 5.41) is 0. The summed E-state index contributed by atoms with van der Waals surface area (Å²) in [6.07, 6.45) is 2.64. The first-order chi connectivity index (χ1) is 3.77. The van der Waals surface area contributed by atoms with Crippen LogP contribution in [-0.2, 0) is 0 Å². The first-order valence-corrected chi connectivity index (χ1v) is 3.54. The van der Waals surface area contributed by atoms with Gasteiger partial charge in [-0.1, -0.05) is 50.0 Å². The van der Waals surface area contributed by atoms with E-state index in [2.05, 4.69) is 0 Å². The predicted molar refractivity (Wildman–Crippen MR) is 48.7 cm³/mol. The van der Waals surface area contributed by atoms with Crippen molar-refractivity contribution in [2.45, 2.75) is 27.2 Å². The molecule has 0 unspecified atom stereocenters. The van der Waals surface area contributed by atoms with E-state index in [1.807, 2.05) is 20.8 Å². The molecule has 0 fully saturated rings. The van der Waals surface area contributed by atoms with Gasteiger partial charge in [0, 0.05) is 0 Å². The number of rotatable bonds is 1. The molecule has 0 spiro atoms. The van der Waals surface area contributed by atoms with Crippen LogP contribution in [-0.4, -0.2) is 0 Å². The second-order valence-electron chi connectivity index (χ2n) is 0.902. The predicted octanol–water partition coefficient (Wildman–Crippen LogP) is 4.16. The normalized spacial score (nSPS) is 5.89. The van der Waals surface area contributed by atoms with Gasteiger partial charge in [0.2, 0.25) is 0 Å². The highest BCUT2D eigenvalue weighted by atomic mass is 35.5. The molecule has 58 valence electrons. The van der Waals surface area contributed by atoms with Crippen LogP contribution in [0.2, 0.25) is 0 Å². The standard InChI is InChI=1S/C4H6Cl2.C2H6.ClH/c1-2-3-4(5)6;1-2;/h3H,2H2,1H3;1-2H3;1H. The SMILES string of the molecule is CC.CCC=C(Cl)Cl.Cl. The van der Waals surface area contributed by atoms with Crippen LogP contribution in [0.5, 0.6) is 0 Å². The van der Waals surface area contributed by atoms with Gasteiger partial charge < -0.3 is 0 Å². The average molecular weight is 192 g/mol. The van der Waals surface area contributed by atoms with Gasteiger partial charge >= 0.3 is 0 Å². The molecule has 3 heteroatoms. The molecular weight excluding hydrogens is 178 g/mol. The molecule has 0 nitrogen and oxygen atoms in total. The van der Waals surface area contributed by atoms with E-state index in [9.17, 15) is 0 Å². The van der Waals surface area contributed by atoms with E-state index in [0.717, 1.165) is 6.42 Å². The molecule has 0 aromatic rings. The lowest BCUT2D eigenvalue weighted by Gasteiger charge is -1.74. The second kappa shape index (κ2) is 15.8. The summed E-state index contributed by atoms with van der Waals surface area (Å²) in [6, 6.07) is 0. The van der Waals surface area contributed by atoms with Crippen LogP contribution >= 0.6 is 35.6 Å². The molecule has 0 aliphatic heterocycles. The third-order valence-corrected chi connectivity index (χ3v) is 0.667. The van der Waals surface area contributed by atoms with Crippen LogP contribution < -0.4 is 0 Å². The smallest absolute Gasteiger partial charge is 0.102 e. The quantitative estimate of drug-likeness (QED) is 0.584. The molecule has 0 aromatic carbocycles. The third-order valence-electron chi connectivity index (χ3n) is 0.358. The molecular formula is C6H13Cl3. The summed E-state index contributed by atoms with van der Waals surface area (Å²) in [7, 11) is 0. The Hall–Kier alpha value is 0.610. The highest BCUT2D eigenvalue weighted by Gasteiger charge is 1.73. The van der Waals surface area contributed by atoms with Crippen molar-refractivity contribution in [3.8, 4) is 0 Å². The largest absolute Gasteiger partial charge is 0.147 e. The molecule has 0 saturated carbocycles. The Balaban J connectivity index is -0.000000109. The van der Waals surface area contributed by atoms with Gasteiger partial charge in [-0.05, 0) is 6.42 Å². The van der Waals surface area contributed by atoms with Gasteiger partial charge in [0.25, 0.3) is 0 Å². The Kier molecular flexibility index (Phi) is 28.7. The van der Waals surface area contributed by atoms with Crippen molar-refractivity contribution in [3.63, 3.8) is 0 Å². The van der Waals surface area contributed by atoms with Gasteiger partial charge in [0.1, 0.15) is 4.49 Å². The van der Waals surface area contributed by atoms with Crippen molar-refractivity contribution < 1.29 is 0 Å². The number of hydrogen-bond donors (Lipinski definition) is 0. The highest BCUT2D eigenvalue weighted by Crippen LogP contribution is 2.05. The molecule has 0 aromatic heterocycles. The fourth-order valence-corrected chi connectivity index (χ4v) is 0.463. The summed E-state index contributed by atoms with van der Waals surface area (Å²) in [4.78, 5) is 0. The van der Waals surface area contributed by atoms with Gasteiger partial charge in [-0.2, -0.15) is 0 Å². The minimum Gasteiger partial charge on any atom is -0.147 e. The Morgan fingerprint density at radius 1 is 1.33 bits per heavy atom. The average Bonchev–Trinajstić information content (AvgIpc) is 1.72. The minimum atomic E-state index is 0. The van der Waals surface area contributed by atoms with Crippen molar-refractivity contribution in [2.24, 2.45) is 0 Å². The summed E-state index contributed by atoms with van der Waals surface area (Å²) >= 11 is 10.4. The second-order valence-corrected chi connectivity index (χ2v) is 1.91. The van der Waals surface area contributed by atoms with E-state index in [-0.39, 0.29) is 12.4 Å². The Morgan fingerprint density at radius 2 is 1.67 bits per heavy atom. The van der Waals surface area contributed by atoms with Gasteiger partial charge in [-0.25, -0.2) is 0 Å². The molecule has 0 N–H and O–H groups in total. The zero-order valence-electron chi connectivity index (χ0n) is 5.95. The monoisotopic (exact) mass is 190 g/mol. The maximum absolute atomic E-state index is 5.20. The van der Waals surface area contributed by atoms with E-state index in [0.29, 0.717) is 4.49 Å². The Labute approximate surface area is 73.6 Å². The van der Waals surface area contributed by atoms with E-state index >= 15 is 0 Å². The zero-order chi connectivity index (χ0) is 6.99. The first kappa shape index (κ1) is 16.3. The fraction of sp³-hybridized carbons (Fsp3) is 0.667. The van der Waals surface area contributed by atoms with E-state index in [4.69, 9.17) is 23.2 Å². The maximum Gasteiger partial charge on any atom is 0.102 e. The van der Waals surface area contributed by atoms with Crippen LogP contribution in [0.15, 0.2) is 10.6 Å². The van der Waals surface area contributed by atoms with E-state index in [1.165, 1.54) is 0 Å².